The second kappa shape index (κ2) is 11.5. The minimum Gasteiger partial charge on any atom is -0.469 e. The van der Waals surface area contributed by atoms with Gasteiger partial charge in [-0.3, -0.25) is 14.0 Å². The van der Waals surface area contributed by atoms with Crippen molar-refractivity contribution >= 4 is 41.2 Å². The van der Waals surface area contributed by atoms with Gasteiger partial charge in [0.1, 0.15) is 11.5 Å². The van der Waals surface area contributed by atoms with Crippen molar-refractivity contribution in [1.82, 2.24) is 19.2 Å². The third-order valence-electron chi connectivity index (χ3n) is 5.62. The molecule has 34 heavy (non-hydrogen) atoms. The van der Waals surface area contributed by atoms with Gasteiger partial charge in [-0.05, 0) is 23.8 Å². The van der Waals surface area contributed by atoms with E-state index in [-0.39, 0.29) is 24.8 Å². The molecule has 10 heteroatoms. The summed E-state index contributed by atoms with van der Waals surface area (Å²) >= 11 is 6.10. The van der Waals surface area contributed by atoms with Crippen molar-refractivity contribution in [3.05, 3.63) is 65.6 Å². The Morgan fingerprint density at radius 1 is 1.26 bits per heavy atom. The first kappa shape index (κ1) is 25.0. The van der Waals surface area contributed by atoms with Crippen molar-refractivity contribution < 1.29 is 14.3 Å². The summed E-state index contributed by atoms with van der Waals surface area (Å²) in [5.41, 5.74) is 2.94. The number of piperazine rings is 1. The van der Waals surface area contributed by atoms with Crippen LogP contribution in [-0.4, -0.2) is 77.1 Å². The Morgan fingerprint density at radius 3 is 2.59 bits per heavy atom. The molecule has 0 radical (unpaired) electrons. The fraction of sp³-hybridized carbons (Fsp3) is 0.333. The number of hydrogen-bond acceptors (Lipinski definition) is 7. The van der Waals surface area contributed by atoms with Crippen LogP contribution in [0.3, 0.4) is 0 Å². The number of imidazole rings is 1. The van der Waals surface area contributed by atoms with Gasteiger partial charge in [0.2, 0.25) is 5.91 Å². The molecule has 0 aromatic carbocycles. The Hall–Kier alpha value is -3.59. The molecule has 0 atom stereocenters. The molecule has 1 aliphatic rings. The van der Waals surface area contributed by atoms with Crippen LogP contribution < -0.4 is 5.32 Å². The van der Waals surface area contributed by atoms with Crippen molar-refractivity contribution in [1.29, 1.82) is 5.41 Å². The maximum atomic E-state index is 12.9. The summed E-state index contributed by atoms with van der Waals surface area (Å²) < 4.78 is 6.61. The molecule has 1 aliphatic heterocycles. The van der Waals surface area contributed by atoms with Crippen molar-refractivity contribution in [2.24, 2.45) is 0 Å². The number of nitrogens with zero attached hydrogens (tertiary/aromatic N) is 4. The number of carbonyl (C=O) groups excluding carboxylic acids is 2. The number of methoxy groups -OCH3 is 1. The molecule has 0 spiro atoms. The maximum Gasteiger partial charge on any atom is 0.309 e. The van der Waals surface area contributed by atoms with Gasteiger partial charge in [-0.2, -0.15) is 0 Å². The first-order valence-electron chi connectivity index (χ1n) is 10.9. The van der Waals surface area contributed by atoms with E-state index >= 15 is 0 Å². The lowest BCUT2D eigenvalue weighted by Gasteiger charge is -2.36. The summed E-state index contributed by atoms with van der Waals surface area (Å²) in [6.45, 7) is 10.00. The van der Waals surface area contributed by atoms with Gasteiger partial charge in [-0.15, -0.1) is 6.58 Å². The Bertz CT molecular complexity index is 1130. The normalized spacial score (nSPS) is 14.4. The van der Waals surface area contributed by atoms with Gasteiger partial charge in [-0.1, -0.05) is 24.3 Å². The summed E-state index contributed by atoms with van der Waals surface area (Å²) in [5.74, 6) is 0.381. The molecule has 1 amide bonds. The van der Waals surface area contributed by atoms with E-state index in [1.165, 1.54) is 7.11 Å². The summed E-state index contributed by atoms with van der Waals surface area (Å²) in [4.78, 5) is 33.0. The molecule has 180 valence electrons. The molecule has 0 bridgehead atoms. The van der Waals surface area contributed by atoms with Gasteiger partial charge < -0.3 is 25.3 Å². The van der Waals surface area contributed by atoms with Crippen LogP contribution in [0.15, 0.2) is 54.4 Å². The second-order valence-corrected chi connectivity index (χ2v) is 8.13. The van der Waals surface area contributed by atoms with Crippen LogP contribution >= 0.6 is 11.6 Å². The number of fused-ring (bicyclic) bond motifs is 1. The zero-order chi connectivity index (χ0) is 24.7. The molecule has 3 heterocycles. The van der Waals surface area contributed by atoms with Crippen molar-refractivity contribution in [3.8, 4) is 0 Å². The van der Waals surface area contributed by atoms with Gasteiger partial charge >= 0.3 is 5.97 Å². The minimum absolute atomic E-state index is 0.0243. The van der Waals surface area contributed by atoms with Crippen LogP contribution in [0.4, 0.5) is 5.82 Å². The van der Waals surface area contributed by atoms with Crippen LogP contribution in [0, 0.1) is 5.41 Å². The number of nitrogens with one attached hydrogen (secondary N) is 2. The molecule has 0 saturated carbocycles. The molecule has 9 nitrogen and oxygen atoms in total. The Kier molecular flexibility index (Phi) is 8.48. The molecule has 1 fully saturated rings. The lowest BCUT2D eigenvalue weighted by Crippen LogP contribution is -2.49. The van der Waals surface area contributed by atoms with Crippen LogP contribution in [0.5, 0.6) is 0 Å². The Labute approximate surface area is 203 Å². The highest BCUT2D eigenvalue weighted by molar-refractivity contribution is 6.39. The second-order valence-electron chi connectivity index (χ2n) is 7.72. The molecular weight excluding hydrogens is 456 g/mol. The number of aromatic nitrogens is 2. The quantitative estimate of drug-likeness (QED) is 0.232. The van der Waals surface area contributed by atoms with Gasteiger partial charge in [0.25, 0.3) is 0 Å². The van der Waals surface area contributed by atoms with Crippen LogP contribution in [0.25, 0.3) is 5.65 Å². The van der Waals surface area contributed by atoms with E-state index < -0.39 is 0 Å². The smallest absolute Gasteiger partial charge is 0.309 e. The number of carbonyl (C=O) groups is 2. The molecule has 2 N–H and O–H groups in total. The van der Waals surface area contributed by atoms with Crippen molar-refractivity contribution in [3.63, 3.8) is 0 Å². The fourth-order valence-electron chi connectivity index (χ4n) is 3.87. The molecule has 2 aromatic heterocycles. The van der Waals surface area contributed by atoms with Crippen molar-refractivity contribution in [2.75, 3.05) is 45.2 Å². The first-order chi connectivity index (χ1) is 16.4. The molecular formula is C24H29ClN6O3. The number of amides is 1. The largest absolute Gasteiger partial charge is 0.469 e. The average molecular weight is 485 g/mol. The standard InChI is InChI=1S/C24H29ClN6O3/c1-4-6-19-24(31-8-7-17(13-21(31)28-19)14-23(33)34-3)27-16-22(32)30-11-9-29(10-12-30)20(5-2)18(25)15-26/h4-5,7-8,13,15,26-27H,1-2,6,9-12,14,16H2,3H3/b20-18-,26-15?. The van der Waals surface area contributed by atoms with Crippen molar-refractivity contribution in [2.45, 2.75) is 12.8 Å². The topological polar surface area (TPSA) is 103 Å². The van der Waals surface area contributed by atoms with E-state index in [9.17, 15) is 9.59 Å². The molecule has 0 unspecified atom stereocenters. The van der Waals surface area contributed by atoms with E-state index in [0.29, 0.717) is 49.0 Å². The number of ether oxygens (including phenoxy) is 1. The highest BCUT2D eigenvalue weighted by Crippen LogP contribution is 2.21. The number of anilines is 1. The lowest BCUT2D eigenvalue weighted by molar-refractivity contribution is -0.139. The molecule has 2 aromatic rings. The zero-order valence-electron chi connectivity index (χ0n) is 19.2. The monoisotopic (exact) mass is 484 g/mol. The summed E-state index contributed by atoms with van der Waals surface area (Å²) in [6, 6.07) is 3.67. The fourth-order valence-corrected chi connectivity index (χ4v) is 4.07. The lowest BCUT2D eigenvalue weighted by atomic mass is 10.2. The summed E-state index contributed by atoms with van der Waals surface area (Å²) in [7, 11) is 1.36. The van der Waals surface area contributed by atoms with E-state index in [1.54, 1.807) is 17.1 Å². The van der Waals surface area contributed by atoms with E-state index in [0.717, 1.165) is 23.3 Å². The van der Waals surface area contributed by atoms with Gasteiger partial charge in [-0.25, -0.2) is 4.98 Å². The van der Waals surface area contributed by atoms with Crippen LogP contribution in [-0.2, 0) is 27.2 Å². The number of hydrogen-bond donors (Lipinski definition) is 2. The predicted octanol–water partition coefficient (Wildman–Crippen LogP) is 2.62. The number of halogens is 1. The third kappa shape index (κ3) is 5.66. The Morgan fingerprint density at radius 2 is 1.97 bits per heavy atom. The molecule has 0 aliphatic carbocycles. The highest BCUT2D eigenvalue weighted by Gasteiger charge is 2.23. The van der Waals surface area contributed by atoms with Crippen LogP contribution in [0.1, 0.15) is 11.3 Å². The SMILES string of the molecule is C=CCc1nc2cc(CC(=O)OC)ccn2c1NCC(=O)N1CCN(/C(C=C)=C(\Cl)C=N)CC1. The zero-order valence-corrected chi connectivity index (χ0v) is 20.0. The number of esters is 1. The average Bonchev–Trinajstić information content (AvgIpc) is 3.19. The maximum absolute atomic E-state index is 12.9. The summed E-state index contributed by atoms with van der Waals surface area (Å²) in [6.07, 6.45) is 7.01. The number of pyridine rings is 1. The van der Waals surface area contributed by atoms with Crippen LogP contribution in [0.2, 0.25) is 0 Å². The third-order valence-corrected chi connectivity index (χ3v) is 5.92. The van der Waals surface area contributed by atoms with E-state index in [2.05, 4.69) is 23.5 Å². The molecule has 1 saturated heterocycles. The Balaban J connectivity index is 1.68. The molecule has 3 rings (SSSR count). The van der Waals surface area contributed by atoms with E-state index in [1.807, 2.05) is 27.6 Å². The number of allylic oxidation sites excluding steroid dienone is 3. The van der Waals surface area contributed by atoms with Gasteiger partial charge in [0, 0.05) is 45.0 Å². The number of rotatable bonds is 10. The van der Waals surface area contributed by atoms with Gasteiger partial charge in [0.15, 0.2) is 0 Å². The first-order valence-corrected chi connectivity index (χ1v) is 11.3. The minimum atomic E-state index is -0.318. The highest BCUT2D eigenvalue weighted by atomic mass is 35.5. The van der Waals surface area contributed by atoms with Gasteiger partial charge in [0.05, 0.1) is 36.5 Å². The predicted molar refractivity (Wildman–Crippen MR) is 133 cm³/mol. The van der Waals surface area contributed by atoms with E-state index in [4.69, 9.17) is 21.7 Å². The summed E-state index contributed by atoms with van der Waals surface area (Å²) in [5, 5.41) is 10.9.